The van der Waals surface area contributed by atoms with Crippen molar-refractivity contribution in [1.29, 1.82) is 0 Å². The number of unbranched alkanes of at least 4 members (excludes halogenated alkanes) is 1. The van der Waals surface area contributed by atoms with E-state index < -0.39 is 0 Å². The summed E-state index contributed by atoms with van der Waals surface area (Å²) < 4.78 is 5.15. The van der Waals surface area contributed by atoms with E-state index >= 15 is 0 Å². The molecule has 0 aromatic heterocycles. The highest BCUT2D eigenvalue weighted by Gasteiger charge is 2.00. The minimum Gasteiger partial charge on any atom is -0.497 e. The summed E-state index contributed by atoms with van der Waals surface area (Å²) in [4.78, 5) is 0. The lowest BCUT2D eigenvalue weighted by atomic mass is 10.1. The third-order valence-electron chi connectivity index (χ3n) is 2.19. The van der Waals surface area contributed by atoms with Crippen LogP contribution in [-0.2, 0) is 6.42 Å². The minimum atomic E-state index is 0.801. The van der Waals surface area contributed by atoms with Gasteiger partial charge in [-0.25, -0.2) is 0 Å². The summed E-state index contributed by atoms with van der Waals surface area (Å²) in [7, 11) is 1.64. The zero-order chi connectivity index (χ0) is 10.4. The van der Waals surface area contributed by atoms with Gasteiger partial charge in [0, 0.05) is 0 Å². The molecule has 0 bridgehead atoms. The van der Waals surface area contributed by atoms with Gasteiger partial charge in [0.2, 0.25) is 0 Å². The average molecular weight is 193 g/mol. The molecule has 0 heterocycles. The van der Waals surface area contributed by atoms with Crippen molar-refractivity contribution in [3.8, 4) is 5.75 Å². The van der Waals surface area contributed by atoms with Crippen molar-refractivity contribution in [2.45, 2.75) is 26.2 Å². The lowest BCUT2D eigenvalue weighted by Crippen LogP contribution is -1.91. The zero-order valence-electron chi connectivity index (χ0n) is 8.79. The Hall–Kier alpha value is -1.02. The number of aliphatic hydroxyl groups excluding tert-OH is 1. The molecule has 1 rings (SSSR count). The van der Waals surface area contributed by atoms with Crippen LogP contribution in [0.5, 0.6) is 5.75 Å². The van der Waals surface area contributed by atoms with E-state index in [0.29, 0.717) is 0 Å². The van der Waals surface area contributed by atoms with Crippen molar-refractivity contribution in [2.75, 3.05) is 7.11 Å². The average Bonchev–Trinajstić information content (AvgIpc) is 2.25. The normalized spacial score (nSPS) is 10.2. The fraction of sp³-hybridized carbons (Fsp3) is 0.417. The maximum absolute atomic E-state index is 8.93. The number of rotatable bonds is 5. The first-order valence-corrected chi connectivity index (χ1v) is 4.95. The molecular weight excluding hydrogens is 176 g/mol. The van der Waals surface area contributed by atoms with E-state index in [1.54, 1.807) is 7.11 Å². The van der Waals surface area contributed by atoms with Crippen molar-refractivity contribution in [3.05, 3.63) is 35.9 Å². The summed E-state index contributed by atoms with van der Waals surface area (Å²) >= 11 is 0. The van der Waals surface area contributed by atoms with E-state index in [1.807, 2.05) is 18.2 Å². The van der Waals surface area contributed by atoms with Gasteiger partial charge in [-0.05, 0) is 36.1 Å². The summed E-state index contributed by atoms with van der Waals surface area (Å²) in [6.07, 6.45) is 3.38. The molecule has 77 valence electrons. The second kappa shape index (κ2) is 5.66. The smallest absolute Gasteiger partial charge is 0.119 e. The Labute approximate surface area is 85.5 Å². The Morgan fingerprint density at radius 3 is 2.71 bits per heavy atom. The molecule has 2 heteroatoms. The monoisotopic (exact) mass is 193 g/mol. The highest BCUT2D eigenvalue weighted by atomic mass is 16.5. The number of methoxy groups -OCH3 is 1. The van der Waals surface area contributed by atoms with Crippen molar-refractivity contribution >= 4 is 0 Å². The molecule has 0 aliphatic carbocycles. The lowest BCUT2D eigenvalue weighted by Gasteiger charge is -2.06. The molecule has 0 amide bonds. The van der Waals surface area contributed by atoms with Crippen LogP contribution in [-0.4, -0.2) is 12.2 Å². The van der Waals surface area contributed by atoms with Crippen LogP contribution in [0.4, 0.5) is 0 Å². The molecule has 0 fully saturated rings. The number of hydrogen-bond donors (Lipinski definition) is 1. The molecule has 2 nitrogen and oxygen atoms in total. The van der Waals surface area contributed by atoms with Crippen molar-refractivity contribution in [2.24, 2.45) is 0 Å². The Balaban J connectivity index is 2.81. The zero-order valence-corrected chi connectivity index (χ0v) is 8.79. The molecule has 14 heavy (non-hydrogen) atoms. The maximum atomic E-state index is 8.93. The van der Waals surface area contributed by atoms with Crippen LogP contribution in [0.15, 0.2) is 18.2 Å². The third kappa shape index (κ3) is 3.04. The third-order valence-corrected chi connectivity index (χ3v) is 2.19. The van der Waals surface area contributed by atoms with Gasteiger partial charge in [-0.3, -0.25) is 0 Å². The van der Waals surface area contributed by atoms with Crippen molar-refractivity contribution in [1.82, 2.24) is 0 Å². The Kier molecular flexibility index (Phi) is 4.47. The number of benzene rings is 1. The predicted octanol–water partition coefficient (Wildman–Crippen LogP) is 2.92. The summed E-state index contributed by atoms with van der Waals surface area (Å²) in [5.41, 5.74) is 2.02. The quantitative estimate of drug-likeness (QED) is 0.779. The van der Waals surface area contributed by atoms with Gasteiger partial charge in [0.05, 0.1) is 7.11 Å². The molecule has 1 aromatic rings. The minimum absolute atomic E-state index is 0.801. The topological polar surface area (TPSA) is 29.5 Å². The Morgan fingerprint density at radius 1 is 1.36 bits per heavy atom. The SMILES string of the molecule is CCCCc1cc([CH]O)cc(OC)c1. The van der Waals surface area contributed by atoms with Gasteiger partial charge >= 0.3 is 0 Å². The standard InChI is InChI=1S/C12H17O2/c1-3-4-5-10-6-11(9-13)8-12(7-10)14-2/h6-9,13H,3-5H2,1-2H3. The van der Waals surface area contributed by atoms with E-state index in [0.717, 1.165) is 30.8 Å². The van der Waals surface area contributed by atoms with Crippen molar-refractivity contribution in [3.63, 3.8) is 0 Å². The van der Waals surface area contributed by atoms with Gasteiger partial charge in [-0.15, -0.1) is 0 Å². The summed E-state index contributed by atoms with van der Waals surface area (Å²) in [6, 6.07) is 5.82. The van der Waals surface area contributed by atoms with Crippen LogP contribution in [0.25, 0.3) is 0 Å². The van der Waals surface area contributed by atoms with Gasteiger partial charge in [0.1, 0.15) is 12.4 Å². The molecule has 0 saturated heterocycles. The molecule has 0 aliphatic heterocycles. The van der Waals surface area contributed by atoms with Gasteiger partial charge in [0.25, 0.3) is 0 Å². The van der Waals surface area contributed by atoms with E-state index in [4.69, 9.17) is 9.84 Å². The largest absolute Gasteiger partial charge is 0.497 e. The molecule has 1 aromatic carbocycles. The van der Waals surface area contributed by atoms with Crippen LogP contribution in [0, 0.1) is 6.61 Å². The first-order valence-electron chi connectivity index (χ1n) is 4.95. The van der Waals surface area contributed by atoms with Gasteiger partial charge in [-0.2, -0.15) is 0 Å². The predicted molar refractivity (Wildman–Crippen MR) is 56.9 cm³/mol. The summed E-state index contributed by atoms with van der Waals surface area (Å²) in [5.74, 6) is 0.805. The highest BCUT2D eigenvalue weighted by molar-refractivity contribution is 5.36. The highest BCUT2D eigenvalue weighted by Crippen LogP contribution is 2.19. The van der Waals surface area contributed by atoms with E-state index in [9.17, 15) is 0 Å². The van der Waals surface area contributed by atoms with Crippen LogP contribution in [0.3, 0.4) is 0 Å². The number of hydrogen-bond acceptors (Lipinski definition) is 2. The lowest BCUT2D eigenvalue weighted by molar-refractivity contribution is 0.403. The first kappa shape index (κ1) is 11.1. The van der Waals surface area contributed by atoms with E-state index in [1.165, 1.54) is 12.0 Å². The molecule has 0 atom stereocenters. The molecule has 0 aliphatic rings. The van der Waals surface area contributed by atoms with Crippen LogP contribution < -0.4 is 4.74 Å². The second-order valence-electron chi connectivity index (χ2n) is 3.35. The second-order valence-corrected chi connectivity index (χ2v) is 3.35. The summed E-state index contributed by atoms with van der Waals surface area (Å²) in [5, 5.41) is 8.93. The number of aliphatic hydroxyl groups is 1. The molecule has 0 saturated carbocycles. The van der Waals surface area contributed by atoms with Crippen molar-refractivity contribution < 1.29 is 9.84 Å². The first-order chi connectivity index (χ1) is 6.80. The molecule has 1 N–H and O–H groups in total. The van der Waals surface area contributed by atoms with Crippen LogP contribution >= 0.6 is 0 Å². The molecule has 0 spiro atoms. The summed E-state index contributed by atoms with van der Waals surface area (Å²) in [6.45, 7) is 3.28. The molecule has 1 radical (unpaired) electrons. The van der Waals surface area contributed by atoms with E-state index in [-0.39, 0.29) is 0 Å². The fourth-order valence-corrected chi connectivity index (χ4v) is 1.40. The van der Waals surface area contributed by atoms with Crippen LogP contribution in [0.2, 0.25) is 0 Å². The van der Waals surface area contributed by atoms with Gasteiger partial charge < -0.3 is 9.84 Å². The maximum Gasteiger partial charge on any atom is 0.119 e. The molecular formula is C12H17O2. The van der Waals surface area contributed by atoms with Crippen LogP contribution in [0.1, 0.15) is 30.9 Å². The number of aryl methyl sites for hydroxylation is 1. The molecule has 0 unspecified atom stereocenters. The Bertz CT molecular complexity index is 259. The number of ether oxygens (including phenoxy) is 1. The fourth-order valence-electron chi connectivity index (χ4n) is 1.40. The van der Waals surface area contributed by atoms with Gasteiger partial charge in [-0.1, -0.05) is 19.4 Å². The Morgan fingerprint density at radius 2 is 2.14 bits per heavy atom. The van der Waals surface area contributed by atoms with E-state index in [2.05, 4.69) is 6.92 Å². The van der Waals surface area contributed by atoms with Gasteiger partial charge in [0.15, 0.2) is 0 Å².